The molecule has 5 rings (SSSR count). The fourth-order valence-corrected chi connectivity index (χ4v) is 4.60. The van der Waals surface area contributed by atoms with E-state index in [1.165, 1.54) is 6.33 Å². The number of rotatable bonds is 9. The van der Waals surface area contributed by atoms with Gasteiger partial charge in [-0.3, -0.25) is 4.68 Å². The Bertz CT molecular complexity index is 1270. The molecule has 2 unspecified atom stereocenters. The minimum atomic E-state index is -1.15. The maximum absolute atomic E-state index is 9.21. The lowest BCUT2D eigenvalue weighted by Gasteiger charge is -2.29. The van der Waals surface area contributed by atoms with Crippen LogP contribution >= 0.6 is 23.2 Å². The fourth-order valence-electron chi connectivity index (χ4n) is 4.04. The lowest BCUT2D eigenvalue weighted by molar-refractivity contribution is -0.190. The molecule has 11 heteroatoms. The molecule has 0 bridgehead atoms. The van der Waals surface area contributed by atoms with Gasteiger partial charge in [-0.1, -0.05) is 29.3 Å². The second-order valence-corrected chi connectivity index (χ2v) is 8.86. The predicted octanol–water partition coefficient (Wildman–Crippen LogP) is 3.79. The summed E-state index contributed by atoms with van der Waals surface area (Å²) in [5.41, 5.74) is 2.56. The van der Waals surface area contributed by atoms with Crippen LogP contribution in [0.25, 0.3) is 11.3 Å². The molecule has 1 aliphatic rings. The normalized spacial score (nSPS) is 19.8. The Morgan fingerprint density at radius 1 is 1.11 bits per heavy atom. The van der Waals surface area contributed by atoms with Gasteiger partial charge in [0, 0.05) is 22.3 Å². The van der Waals surface area contributed by atoms with Gasteiger partial charge in [0.25, 0.3) is 0 Å². The highest BCUT2D eigenvalue weighted by Gasteiger charge is 2.45. The van der Waals surface area contributed by atoms with E-state index in [0.717, 1.165) is 11.3 Å². The van der Waals surface area contributed by atoms with Gasteiger partial charge in [-0.25, -0.2) is 9.67 Å². The second kappa shape index (κ2) is 10.3. The third-order valence-electron chi connectivity index (χ3n) is 5.65. The summed E-state index contributed by atoms with van der Waals surface area (Å²) in [5, 5.41) is 18.6. The Balaban J connectivity index is 1.28. The van der Waals surface area contributed by atoms with Crippen molar-refractivity contribution >= 4 is 23.2 Å². The molecule has 0 saturated carbocycles. The van der Waals surface area contributed by atoms with Crippen molar-refractivity contribution in [2.24, 2.45) is 0 Å². The number of ether oxygens (including phenoxy) is 3. The van der Waals surface area contributed by atoms with Crippen molar-refractivity contribution in [3.8, 4) is 17.0 Å². The highest BCUT2D eigenvalue weighted by atomic mass is 35.5. The van der Waals surface area contributed by atoms with E-state index in [0.29, 0.717) is 34.5 Å². The van der Waals surface area contributed by atoms with Crippen LogP contribution in [0.15, 0.2) is 67.4 Å². The lowest BCUT2D eigenvalue weighted by Crippen LogP contribution is -2.35. The van der Waals surface area contributed by atoms with Crippen LogP contribution in [-0.2, 0) is 28.4 Å². The van der Waals surface area contributed by atoms with Crippen LogP contribution in [0.3, 0.4) is 0 Å². The number of hydrogen-bond donors (Lipinski definition) is 1. The molecule has 0 radical (unpaired) electrons. The number of benzene rings is 2. The van der Waals surface area contributed by atoms with Crippen LogP contribution in [-0.4, -0.2) is 55.6 Å². The third-order valence-corrected chi connectivity index (χ3v) is 6.20. The summed E-state index contributed by atoms with van der Waals surface area (Å²) >= 11 is 12.6. The van der Waals surface area contributed by atoms with E-state index in [2.05, 4.69) is 15.2 Å². The Hall–Kier alpha value is -2.95. The predicted molar refractivity (Wildman–Crippen MR) is 129 cm³/mol. The minimum absolute atomic E-state index is 0.0268. The summed E-state index contributed by atoms with van der Waals surface area (Å²) in [6.45, 7) is 1.33. The van der Waals surface area contributed by atoms with Crippen molar-refractivity contribution in [3.63, 3.8) is 0 Å². The van der Waals surface area contributed by atoms with Gasteiger partial charge in [0.1, 0.15) is 37.7 Å². The van der Waals surface area contributed by atoms with Crippen molar-refractivity contribution in [1.29, 1.82) is 0 Å². The van der Waals surface area contributed by atoms with E-state index in [-0.39, 0.29) is 25.9 Å². The van der Waals surface area contributed by atoms with Crippen LogP contribution in [0, 0.1) is 0 Å². The summed E-state index contributed by atoms with van der Waals surface area (Å²) < 4.78 is 21.9. The van der Waals surface area contributed by atoms with Crippen molar-refractivity contribution in [1.82, 2.24) is 24.5 Å². The second-order valence-electron chi connectivity index (χ2n) is 8.02. The van der Waals surface area contributed by atoms with Gasteiger partial charge in [0.05, 0.1) is 30.5 Å². The molecule has 2 aromatic heterocycles. The third kappa shape index (κ3) is 5.19. The molecule has 1 N–H and O–H groups in total. The molecule has 1 fully saturated rings. The first-order valence-electron chi connectivity index (χ1n) is 11.0. The highest BCUT2D eigenvalue weighted by Crippen LogP contribution is 2.40. The number of halogens is 2. The van der Waals surface area contributed by atoms with E-state index in [1.807, 2.05) is 30.3 Å². The molecule has 35 heavy (non-hydrogen) atoms. The topological polar surface area (TPSA) is 96.5 Å². The fraction of sp³-hybridized carbons (Fsp3) is 0.292. The van der Waals surface area contributed by atoms with Crippen molar-refractivity contribution in [3.05, 3.63) is 83.0 Å². The first-order valence-corrected chi connectivity index (χ1v) is 11.8. The summed E-state index contributed by atoms with van der Waals surface area (Å²) in [7, 11) is 0. The Morgan fingerprint density at radius 2 is 1.97 bits per heavy atom. The number of aliphatic hydroxyl groups is 1. The Kier molecular flexibility index (Phi) is 7.03. The summed E-state index contributed by atoms with van der Waals surface area (Å²) in [6, 6.07) is 14.8. The highest BCUT2D eigenvalue weighted by molar-refractivity contribution is 6.35. The van der Waals surface area contributed by atoms with E-state index in [1.54, 1.807) is 40.1 Å². The maximum Gasteiger partial charge on any atom is 0.217 e. The van der Waals surface area contributed by atoms with E-state index in [4.69, 9.17) is 37.4 Å². The summed E-state index contributed by atoms with van der Waals surface area (Å²) in [4.78, 5) is 4.01. The largest absolute Gasteiger partial charge is 0.491 e. The standard InChI is InChI=1S/C24H23Cl2N5O4/c25-18-3-6-21(22(26)11-18)24(14-30-16-27-15-29-30)34-13-20(35-24)12-33-19-4-1-17(2-5-19)23-7-8-28-31(23)9-10-32/h1-8,11,15-16,20,32H,9-10,12-14H2. The summed E-state index contributed by atoms with van der Waals surface area (Å²) in [6.07, 6.45) is 4.42. The van der Waals surface area contributed by atoms with Gasteiger partial charge in [0.15, 0.2) is 0 Å². The van der Waals surface area contributed by atoms with Crippen LogP contribution in [0.1, 0.15) is 5.56 Å². The van der Waals surface area contributed by atoms with Gasteiger partial charge >= 0.3 is 0 Å². The summed E-state index contributed by atoms with van der Waals surface area (Å²) in [5.74, 6) is -0.456. The van der Waals surface area contributed by atoms with E-state index < -0.39 is 5.79 Å². The van der Waals surface area contributed by atoms with Crippen LogP contribution in [0.5, 0.6) is 5.75 Å². The molecular weight excluding hydrogens is 493 g/mol. The Labute approximate surface area is 211 Å². The number of aliphatic hydroxyl groups excluding tert-OH is 1. The van der Waals surface area contributed by atoms with Crippen LogP contribution < -0.4 is 4.74 Å². The molecule has 2 atom stereocenters. The van der Waals surface area contributed by atoms with Gasteiger partial charge in [-0.05, 0) is 42.5 Å². The van der Waals surface area contributed by atoms with Gasteiger partial charge in [-0.15, -0.1) is 0 Å². The first-order chi connectivity index (χ1) is 17.1. The quantitative estimate of drug-likeness (QED) is 0.362. The van der Waals surface area contributed by atoms with Gasteiger partial charge in [0.2, 0.25) is 5.79 Å². The SMILES string of the molecule is OCCn1nccc1-c1ccc(OCC2COC(Cn3cncn3)(c3ccc(Cl)cc3Cl)O2)cc1. The van der Waals surface area contributed by atoms with E-state index >= 15 is 0 Å². The Morgan fingerprint density at radius 3 is 2.71 bits per heavy atom. The van der Waals surface area contributed by atoms with Crippen molar-refractivity contribution in [2.45, 2.75) is 25.0 Å². The molecule has 3 heterocycles. The number of hydrogen-bond acceptors (Lipinski definition) is 7. The average Bonchev–Trinajstić information content (AvgIpc) is 3.61. The van der Waals surface area contributed by atoms with E-state index in [9.17, 15) is 5.11 Å². The zero-order valence-electron chi connectivity index (χ0n) is 18.6. The molecule has 0 spiro atoms. The molecule has 1 aliphatic heterocycles. The molecular formula is C24H23Cl2N5O4. The smallest absolute Gasteiger partial charge is 0.217 e. The molecule has 4 aromatic rings. The van der Waals surface area contributed by atoms with Crippen LogP contribution in [0.4, 0.5) is 0 Å². The van der Waals surface area contributed by atoms with Crippen molar-refractivity contribution in [2.75, 3.05) is 19.8 Å². The van der Waals surface area contributed by atoms with Gasteiger partial charge < -0.3 is 19.3 Å². The minimum Gasteiger partial charge on any atom is -0.491 e. The zero-order chi connectivity index (χ0) is 24.3. The van der Waals surface area contributed by atoms with Crippen molar-refractivity contribution < 1.29 is 19.3 Å². The molecule has 0 amide bonds. The number of aromatic nitrogens is 5. The van der Waals surface area contributed by atoms with Gasteiger partial charge in [-0.2, -0.15) is 10.2 Å². The van der Waals surface area contributed by atoms with Crippen LogP contribution in [0.2, 0.25) is 10.0 Å². The molecule has 182 valence electrons. The molecule has 2 aromatic carbocycles. The first kappa shape index (κ1) is 23.8. The molecule has 9 nitrogen and oxygen atoms in total. The number of nitrogens with zero attached hydrogens (tertiary/aromatic N) is 5. The average molecular weight is 516 g/mol. The zero-order valence-corrected chi connectivity index (χ0v) is 20.1. The molecule has 0 aliphatic carbocycles. The maximum atomic E-state index is 9.21. The molecule has 1 saturated heterocycles. The monoisotopic (exact) mass is 515 g/mol. The lowest BCUT2D eigenvalue weighted by atomic mass is 10.1.